The maximum atomic E-state index is 9.54. The highest BCUT2D eigenvalue weighted by Gasteiger charge is 1.87. The van der Waals surface area contributed by atoms with Crippen LogP contribution >= 0.6 is 0 Å². The summed E-state index contributed by atoms with van der Waals surface area (Å²) in [7, 11) is 0. The van der Waals surface area contributed by atoms with Crippen LogP contribution in [0.25, 0.3) is 0 Å². The second kappa shape index (κ2) is 3.32. The first kappa shape index (κ1) is 6.12. The molecule has 0 saturated heterocycles. The molecule has 0 aromatic carbocycles. The normalized spacial score (nSPS) is 7.00. The van der Waals surface area contributed by atoms with Crippen molar-refractivity contribution in [1.29, 1.82) is 0 Å². The standard InChI is InChI=1S/C5H5O2/c1-2-5(3-6)4-7/h2H2,1H3. The maximum Gasteiger partial charge on any atom is 0.240 e. The number of allylic oxidation sites excluding steroid dienone is 1. The first-order valence-corrected chi connectivity index (χ1v) is 1.97. The van der Waals surface area contributed by atoms with Gasteiger partial charge < -0.3 is 0 Å². The summed E-state index contributed by atoms with van der Waals surface area (Å²) in [5, 5.41) is 0. The quantitative estimate of drug-likeness (QED) is 0.366. The zero-order valence-electron chi connectivity index (χ0n) is 4.02. The Morgan fingerprint density at radius 3 is 2.14 bits per heavy atom. The van der Waals surface area contributed by atoms with E-state index in [1.807, 2.05) is 0 Å². The van der Waals surface area contributed by atoms with E-state index in [2.05, 4.69) is 0 Å². The van der Waals surface area contributed by atoms with Gasteiger partial charge in [-0.2, -0.15) is 0 Å². The van der Waals surface area contributed by atoms with Crippen LogP contribution in [0.3, 0.4) is 0 Å². The minimum absolute atomic E-state index is 0.0694. The summed E-state index contributed by atoms with van der Waals surface area (Å²) in [6, 6.07) is 0. The van der Waals surface area contributed by atoms with Crippen LogP contribution in [0.15, 0.2) is 5.57 Å². The maximum absolute atomic E-state index is 9.54. The van der Waals surface area contributed by atoms with Crippen LogP contribution in [0.2, 0.25) is 0 Å². The monoisotopic (exact) mass is 97.0 g/mol. The molecular formula is C5H5O2. The van der Waals surface area contributed by atoms with Gasteiger partial charge >= 0.3 is 0 Å². The third-order valence-corrected chi connectivity index (χ3v) is 0.600. The second-order valence-electron chi connectivity index (χ2n) is 1.04. The molecule has 0 aromatic rings. The Morgan fingerprint density at radius 1 is 1.57 bits per heavy atom. The van der Waals surface area contributed by atoms with Crippen LogP contribution in [-0.4, -0.2) is 12.2 Å². The Morgan fingerprint density at radius 2 is 2.14 bits per heavy atom. The zero-order chi connectivity index (χ0) is 5.70. The fraction of sp³-hybridized carbons (Fsp3) is 0.400. The van der Waals surface area contributed by atoms with Crippen molar-refractivity contribution in [1.82, 2.24) is 0 Å². The van der Waals surface area contributed by atoms with Crippen LogP contribution in [0.5, 0.6) is 0 Å². The van der Waals surface area contributed by atoms with E-state index in [-0.39, 0.29) is 5.57 Å². The summed E-state index contributed by atoms with van der Waals surface area (Å²) in [5.74, 6) is 1.44. The molecule has 0 atom stereocenters. The van der Waals surface area contributed by atoms with Gasteiger partial charge in [0, 0.05) is 0 Å². The predicted octanol–water partition coefficient (Wildman–Crippen LogP) is 0.264. The van der Waals surface area contributed by atoms with Crippen LogP contribution in [0, 0.1) is 0 Å². The molecule has 0 saturated carbocycles. The van der Waals surface area contributed by atoms with E-state index in [9.17, 15) is 9.59 Å². The molecule has 0 fully saturated rings. The van der Waals surface area contributed by atoms with Gasteiger partial charge in [0.2, 0.25) is 6.29 Å². The van der Waals surface area contributed by atoms with E-state index in [1.54, 1.807) is 6.92 Å². The third kappa shape index (κ3) is 1.90. The predicted molar refractivity (Wildman–Crippen MR) is 25.2 cm³/mol. The van der Waals surface area contributed by atoms with Gasteiger partial charge in [-0.3, -0.25) is 4.79 Å². The Labute approximate surface area is 41.8 Å². The molecule has 0 bridgehead atoms. The second-order valence-corrected chi connectivity index (χ2v) is 1.04. The van der Waals surface area contributed by atoms with E-state index < -0.39 is 0 Å². The molecule has 0 N–H and O–H groups in total. The topological polar surface area (TPSA) is 34.1 Å². The van der Waals surface area contributed by atoms with Crippen molar-refractivity contribution in [2.24, 2.45) is 0 Å². The Kier molecular flexibility index (Phi) is 2.90. The number of hydrogen-bond donors (Lipinski definition) is 0. The van der Waals surface area contributed by atoms with Gasteiger partial charge in [-0.05, 0) is 6.42 Å². The van der Waals surface area contributed by atoms with E-state index in [0.29, 0.717) is 6.42 Å². The SMILES string of the molecule is CCC([C]=O)=C=O. The number of carbonyl (C=O) groups excluding carboxylic acids is 2. The van der Waals surface area contributed by atoms with Gasteiger partial charge in [0.05, 0.1) is 5.57 Å². The van der Waals surface area contributed by atoms with Crippen molar-refractivity contribution < 1.29 is 9.59 Å². The molecule has 7 heavy (non-hydrogen) atoms. The highest BCUT2D eigenvalue weighted by atomic mass is 16.1. The number of hydrogen-bond acceptors (Lipinski definition) is 2. The van der Waals surface area contributed by atoms with Crippen molar-refractivity contribution in [3.8, 4) is 0 Å². The van der Waals surface area contributed by atoms with Crippen molar-refractivity contribution >= 4 is 12.2 Å². The third-order valence-electron chi connectivity index (χ3n) is 0.600. The molecule has 0 aliphatic heterocycles. The Bertz CT molecular complexity index is 109. The highest BCUT2D eigenvalue weighted by molar-refractivity contribution is 5.85. The van der Waals surface area contributed by atoms with Crippen molar-refractivity contribution in [2.45, 2.75) is 13.3 Å². The van der Waals surface area contributed by atoms with Crippen molar-refractivity contribution in [2.75, 3.05) is 0 Å². The Hall–Kier alpha value is -0.880. The fourth-order valence-corrected chi connectivity index (χ4v) is 0.165. The molecule has 2 heteroatoms. The minimum Gasteiger partial charge on any atom is -0.284 e. The first-order valence-electron chi connectivity index (χ1n) is 1.97. The smallest absolute Gasteiger partial charge is 0.240 e. The largest absolute Gasteiger partial charge is 0.284 e. The van der Waals surface area contributed by atoms with Gasteiger partial charge in [0.1, 0.15) is 5.94 Å². The molecule has 2 nitrogen and oxygen atoms in total. The first-order chi connectivity index (χ1) is 3.35. The van der Waals surface area contributed by atoms with E-state index in [1.165, 1.54) is 12.2 Å². The molecule has 0 aliphatic rings. The summed E-state index contributed by atoms with van der Waals surface area (Å²) < 4.78 is 0. The van der Waals surface area contributed by atoms with Gasteiger partial charge in [-0.25, -0.2) is 4.79 Å². The molecule has 37 valence electrons. The molecule has 0 aliphatic carbocycles. The molecule has 0 aromatic heterocycles. The molecule has 0 rings (SSSR count). The molecule has 0 spiro atoms. The van der Waals surface area contributed by atoms with Gasteiger partial charge in [0.15, 0.2) is 0 Å². The van der Waals surface area contributed by atoms with Gasteiger partial charge in [0.25, 0.3) is 0 Å². The summed E-state index contributed by atoms with van der Waals surface area (Å²) in [5.41, 5.74) is 0.0694. The summed E-state index contributed by atoms with van der Waals surface area (Å²) in [4.78, 5) is 19.1. The lowest BCUT2D eigenvalue weighted by Crippen LogP contribution is -1.79. The molecule has 0 unspecified atom stereocenters. The van der Waals surface area contributed by atoms with E-state index >= 15 is 0 Å². The number of rotatable bonds is 2. The minimum atomic E-state index is 0.0694. The van der Waals surface area contributed by atoms with E-state index in [0.717, 1.165) is 0 Å². The molecular weight excluding hydrogens is 92.1 g/mol. The van der Waals surface area contributed by atoms with Crippen molar-refractivity contribution in [3.05, 3.63) is 5.57 Å². The summed E-state index contributed by atoms with van der Waals surface area (Å²) >= 11 is 0. The average molecular weight is 97.1 g/mol. The lowest BCUT2D eigenvalue weighted by molar-refractivity contribution is 0.555. The zero-order valence-corrected chi connectivity index (χ0v) is 4.02. The van der Waals surface area contributed by atoms with Gasteiger partial charge in [-0.15, -0.1) is 0 Å². The average Bonchev–Trinajstić information content (AvgIpc) is 1.72. The summed E-state index contributed by atoms with van der Waals surface area (Å²) in [6.07, 6.45) is 1.87. The molecule has 1 radical (unpaired) electrons. The molecule has 0 amide bonds. The van der Waals surface area contributed by atoms with E-state index in [4.69, 9.17) is 0 Å². The van der Waals surface area contributed by atoms with Crippen LogP contribution in [0.4, 0.5) is 0 Å². The fourth-order valence-electron chi connectivity index (χ4n) is 0.165. The van der Waals surface area contributed by atoms with Gasteiger partial charge in [-0.1, -0.05) is 6.92 Å². The lowest BCUT2D eigenvalue weighted by atomic mass is 10.3. The van der Waals surface area contributed by atoms with Crippen LogP contribution in [0.1, 0.15) is 13.3 Å². The Balaban J connectivity index is 3.86. The lowest BCUT2D eigenvalue weighted by Gasteiger charge is -1.74. The summed E-state index contributed by atoms with van der Waals surface area (Å²) in [6.45, 7) is 1.70. The molecule has 0 heterocycles. The van der Waals surface area contributed by atoms with Crippen molar-refractivity contribution in [3.63, 3.8) is 0 Å². The van der Waals surface area contributed by atoms with Crippen LogP contribution < -0.4 is 0 Å². The van der Waals surface area contributed by atoms with Crippen LogP contribution in [-0.2, 0) is 9.59 Å². The highest BCUT2D eigenvalue weighted by Crippen LogP contribution is 1.85.